The van der Waals surface area contributed by atoms with Gasteiger partial charge >= 0.3 is 19.8 Å². The van der Waals surface area contributed by atoms with Crippen LogP contribution >= 0.6 is 7.82 Å². The molecule has 0 rings (SSSR count). The molecule has 0 aromatic carbocycles. The van der Waals surface area contributed by atoms with E-state index >= 15 is 0 Å². The molecule has 0 fully saturated rings. The lowest BCUT2D eigenvalue weighted by Crippen LogP contribution is -2.29. The highest BCUT2D eigenvalue weighted by atomic mass is 31.2. The predicted molar refractivity (Wildman–Crippen MR) is 238 cm³/mol. The third-order valence-electron chi connectivity index (χ3n) is 11.0. The fourth-order valence-electron chi connectivity index (χ4n) is 7.34. The largest absolute Gasteiger partial charge is 0.472 e. The first kappa shape index (κ1) is 56.0. The Kier molecular flexibility index (Phi) is 43.8. The maximum Gasteiger partial charge on any atom is 0.472 e. The van der Waals surface area contributed by atoms with Gasteiger partial charge in [-0.3, -0.25) is 18.6 Å². The topological polar surface area (TPSA) is 134 Å². The van der Waals surface area contributed by atoms with E-state index in [1.807, 2.05) is 0 Å². The van der Waals surface area contributed by atoms with Crippen LogP contribution in [0.15, 0.2) is 0 Å². The summed E-state index contributed by atoms with van der Waals surface area (Å²) in [6, 6.07) is 0. The lowest BCUT2D eigenvalue weighted by atomic mass is 10.0. The van der Waals surface area contributed by atoms with Gasteiger partial charge in [0.15, 0.2) is 6.10 Å². The molecule has 0 aliphatic heterocycles. The second-order valence-corrected chi connectivity index (χ2v) is 18.2. The summed E-state index contributed by atoms with van der Waals surface area (Å²) in [6.07, 6.45) is 45.6. The normalized spacial score (nSPS) is 13.1. The van der Waals surface area contributed by atoms with Crippen molar-refractivity contribution in [3.8, 4) is 0 Å². The predicted octanol–water partition coefficient (Wildman–Crippen LogP) is 14.4. The number of hydrogen-bond donors (Lipinski definition) is 2. The lowest BCUT2D eigenvalue weighted by molar-refractivity contribution is -0.161. The number of rotatable bonds is 47. The average Bonchev–Trinajstić information content (AvgIpc) is 3.20. The molecule has 0 amide bonds. The Hall–Kier alpha value is -0.990. The molecular weight excluding hydrogens is 737 g/mol. The standard InChI is InChI=1S/C47H94NO8P/c1-3-5-7-9-11-13-15-17-19-21-23-25-27-29-31-33-35-37-39-46(49)53-43-45(44-55-57(51,52)54-42-41-48)56-47(50)40-38-36-34-32-30-28-26-24-22-20-18-16-14-12-10-8-6-4-2/h45H,3-44,48H2,1-2H3,(H,51,52)/t45-/m1/s1. The van der Waals surface area contributed by atoms with Gasteiger partial charge in [-0.25, -0.2) is 4.57 Å². The van der Waals surface area contributed by atoms with Crippen molar-refractivity contribution in [1.82, 2.24) is 0 Å². The second-order valence-electron chi connectivity index (χ2n) is 16.7. The van der Waals surface area contributed by atoms with Gasteiger partial charge in [-0.2, -0.15) is 0 Å². The number of carbonyl (C=O) groups excluding carboxylic acids is 2. The smallest absolute Gasteiger partial charge is 0.462 e. The van der Waals surface area contributed by atoms with E-state index in [4.69, 9.17) is 24.3 Å². The first-order valence-corrected chi connectivity index (χ1v) is 26.0. The zero-order chi connectivity index (χ0) is 41.8. The quantitative estimate of drug-likeness (QED) is 0.0349. The van der Waals surface area contributed by atoms with Gasteiger partial charge in [0.25, 0.3) is 0 Å². The summed E-state index contributed by atoms with van der Waals surface area (Å²) in [4.78, 5) is 35.0. The molecule has 0 heterocycles. The van der Waals surface area contributed by atoms with Crippen LogP contribution in [0.2, 0.25) is 0 Å². The van der Waals surface area contributed by atoms with Crippen LogP contribution in [0.5, 0.6) is 0 Å². The highest BCUT2D eigenvalue weighted by Crippen LogP contribution is 2.43. The van der Waals surface area contributed by atoms with Crippen molar-refractivity contribution in [3.05, 3.63) is 0 Å². The summed E-state index contributed by atoms with van der Waals surface area (Å²) in [5.74, 6) is -0.808. The van der Waals surface area contributed by atoms with E-state index in [0.717, 1.165) is 32.1 Å². The van der Waals surface area contributed by atoms with Crippen molar-refractivity contribution < 1.29 is 37.6 Å². The van der Waals surface area contributed by atoms with E-state index in [0.29, 0.717) is 6.42 Å². The average molecular weight is 832 g/mol. The van der Waals surface area contributed by atoms with E-state index in [1.165, 1.54) is 193 Å². The van der Waals surface area contributed by atoms with Crippen LogP contribution in [-0.4, -0.2) is 49.3 Å². The van der Waals surface area contributed by atoms with E-state index < -0.39 is 26.5 Å². The van der Waals surface area contributed by atoms with Crippen LogP contribution in [0.25, 0.3) is 0 Å². The fourth-order valence-corrected chi connectivity index (χ4v) is 8.11. The highest BCUT2D eigenvalue weighted by Gasteiger charge is 2.26. The van der Waals surface area contributed by atoms with Crippen LogP contribution < -0.4 is 5.73 Å². The third-order valence-corrected chi connectivity index (χ3v) is 12.0. The monoisotopic (exact) mass is 832 g/mol. The number of phosphoric ester groups is 1. The van der Waals surface area contributed by atoms with E-state index in [1.54, 1.807) is 0 Å². The fraction of sp³-hybridized carbons (Fsp3) is 0.957. The molecular formula is C47H94NO8P. The summed E-state index contributed by atoms with van der Waals surface area (Å²) >= 11 is 0. The maximum absolute atomic E-state index is 12.6. The SMILES string of the molecule is CCCCCCCCCCCCCCCCCCCCC(=O)OC[C@H](COP(=O)(O)OCCN)OC(=O)CCCCCCCCCCCCCCCCCCCC. The van der Waals surface area contributed by atoms with Crippen LogP contribution in [0, 0.1) is 0 Å². The van der Waals surface area contributed by atoms with Crippen LogP contribution in [0.4, 0.5) is 0 Å². The zero-order valence-corrected chi connectivity index (χ0v) is 38.5. The Morgan fingerprint density at radius 3 is 1.07 bits per heavy atom. The van der Waals surface area contributed by atoms with Crippen molar-refractivity contribution in [2.45, 2.75) is 264 Å². The van der Waals surface area contributed by atoms with Gasteiger partial charge < -0.3 is 20.1 Å². The number of ether oxygens (including phenoxy) is 2. The van der Waals surface area contributed by atoms with Crippen molar-refractivity contribution >= 4 is 19.8 Å². The third kappa shape index (κ3) is 44.4. The number of esters is 2. The number of phosphoric acid groups is 1. The molecule has 3 N–H and O–H groups in total. The molecule has 340 valence electrons. The minimum Gasteiger partial charge on any atom is -0.462 e. The number of unbranched alkanes of at least 4 members (excludes halogenated alkanes) is 34. The maximum atomic E-state index is 12.6. The van der Waals surface area contributed by atoms with Gasteiger partial charge in [-0.15, -0.1) is 0 Å². The van der Waals surface area contributed by atoms with Gasteiger partial charge in [0, 0.05) is 19.4 Å². The highest BCUT2D eigenvalue weighted by molar-refractivity contribution is 7.47. The van der Waals surface area contributed by atoms with Crippen LogP contribution in [0.3, 0.4) is 0 Å². The molecule has 0 aromatic rings. The van der Waals surface area contributed by atoms with Crippen LogP contribution in [-0.2, 0) is 32.7 Å². The summed E-state index contributed by atoms with van der Waals surface area (Å²) in [7, 11) is -4.37. The first-order chi connectivity index (χ1) is 27.8. The summed E-state index contributed by atoms with van der Waals surface area (Å²) < 4.78 is 32.9. The van der Waals surface area contributed by atoms with E-state index in [-0.39, 0.29) is 38.6 Å². The Bertz CT molecular complexity index is 907. The van der Waals surface area contributed by atoms with Gasteiger partial charge in [-0.1, -0.05) is 232 Å². The molecule has 0 spiro atoms. The van der Waals surface area contributed by atoms with E-state index in [2.05, 4.69) is 13.8 Å². The molecule has 1 unspecified atom stereocenters. The Balaban J connectivity index is 4.02. The van der Waals surface area contributed by atoms with Crippen molar-refractivity contribution in [2.75, 3.05) is 26.4 Å². The minimum atomic E-state index is -4.37. The molecule has 57 heavy (non-hydrogen) atoms. The van der Waals surface area contributed by atoms with Gasteiger partial charge in [0.1, 0.15) is 6.61 Å². The number of hydrogen-bond acceptors (Lipinski definition) is 8. The van der Waals surface area contributed by atoms with Gasteiger partial charge in [0.05, 0.1) is 13.2 Å². The zero-order valence-electron chi connectivity index (χ0n) is 37.6. The second kappa shape index (κ2) is 44.6. The molecule has 0 aliphatic carbocycles. The van der Waals surface area contributed by atoms with Crippen molar-refractivity contribution in [1.29, 1.82) is 0 Å². The molecule has 0 saturated heterocycles. The summed E-state index contributed by atoms with van der Waals surface area (Å²) in [5.41, 5.74) is 5.36. The summed E-state index contributed by atoms with van der Waals surface area (Å²) in [6.45, 7) is 3.80. The Morgan fingerprint density at radius 1 is 0.456 bits per heavy atom. The van der Waals surface area contributed by atoms with Crippen LogP contribution in [0.1, 0.15) is 258 Å². The first-order valence-electron chi connectivity index (χ1n) is 24.5. The molecule has 0 bridgehead atoms. The molecule has 0 saturated carbocycles. The minimum absolute atomic E-state index is 0.0583. The Labute approximate surface area is 352 Å². The van der Waals surface area contributed by atoms with Gasteiger partial charge in [0.2, 0.25) is 0 Å². The Morgan fingerprint density at radius 2 is 0.754 bits per heavy atom. The van der Waals surface area contributed by atoms with Crippen molar-refractivity contribution in [3.63, 3.8) is 0 Å². The summed E-state index contributed by atoms with van der Waals surface area (Å²) in [5, 5.41) is 0. The molecule has 0 aromatic heterocycles. The van der Waals surface area contributed by atoms with Gasteiger partial charge in [-0.05, 0) is 12.8 Å². The lowest BCUT2D eigenvalue weighted by Gasteiger charge is -2.19. The molecule has 2 atom stereocenters. The molecule has 10 heteroatoms. The number of nitrogens with two attached hydrogens (primary N) is 1. The molecule has 0 radical (unpaired) electrons. The van der Waals surface area contributed by atoms with E-state index in [9.17, 15) is 19.0 Å². The number of carbonyl (C=O) groups is 2. The van der Waals surface area contributed by atoms with Crippen molar-refractivity contribution in [2.24, 2.45) is 5.73 Å². The molecule has 0 aliphatic rings. The molecule has 9 nitrogen and oxygen atoms in total.